The van der Waals surface area contributed by atoms with Crippen molar-refractivity contribution in [3.63, 3.8) is 0 Å². The quantitative estimate of drug-likeness (QED) is 0.850. The Morgan fingerprint density at radius 3 is 2.48 bits per heavy atom. The molecule has 0 aliphatic carbocycles. The van der Waals surface area contributed by atoms with Crippen molar-refractivity contribution in [2.75, 3.05) is 16.7 Å². The van der Waals surface area contributed by atoms with Crippen molar-refractivity contribution in [3.05, 3.63) is 29.8 Å². The highest BCUT2D eigenvalue weighted by atomic mass is 32.3. The predicted molar refractivity (Wildman–Crippen MR) is 78.7 cm³/mol. The highest BCUT2D eigenvalue weighted by molar-refractivity contribution is 8.06. The number of hydrogen-bond acceptors (Lipinski definition) is 5. The second-order valence-corrected chi connectivity index (χ2v) is 9.45. The van der Waals surface area contributed by atoms with E-state index in [1.807, 2.05) is 0 Å². The minimum atomic E-state index is -4.10. The molecule has 1 aromatic rings. The van der Waals surface area contributed by atoms with Gasteiger partial charge >= 0.3 is 0 Å². The number of benzene rings is 1. The average Bonchev–Trinajstić information content (AvgIpc) is 2.45. The molecule has 2 rings (SSSR count). The first-order valence-electron chi connectivity index (χ1n) is 6.16. The van der Waals surface area contributed by atoms with Crippen LogP contribution in [-0.2, 0) is 31.2 Å². The number of para-hydroxylation sites is 1. The number of amides is 1. The Hall–Kier alpha value is -1.45. The summed E-state index contributed by atoms with van der Waals surface area (Å²) in [6.45, 7) is 1.38. The lowest BCUT2D eigenvalue weighted by Crippen LogP contribution is -2.45. The zero-order valence-corrected chi connectivity index (χ0v) is 13.2. The van der Waals surface area contributed by atoms with Crippen LogP contribution in [0.2, 0.25) is 0 Å². The van der Waals surface area contributed by atoms with E-state index >= 15 is 0 Å². The van der Waals surface area contributed by atoms with Gasteiger partial charge in [0.2, 0.25) is 15.9 Å². The molecule has 0 aromatic heterocycles. The molecule has 1 N–H and O–H groups in total. The number of anilines is 1. The second kappa shape index (κ2) is 5.39. The molecule has 0 radical (unpaired) electrons. The lowest BCUT2D eigenvalue weighted by atomic mass is 10.2. The summed E-state index contributed by atoms with van der Waals surface area (Å²) in [5.74, 6) is -0.489. The number of sulfone groups is 1. The fraction of sp³-hybridized carbons (Fsp3) is 0.417. The molecule has 116 valence electrons. The third-order valence-electron chi connectivity index (χ3n) is 3.13. The third-order valence-corrected chi connectivity index (χ3v) is 7.20. The number of hydrogen-bond donors (Lipinski definition) is 1. The van der Waals surface area contributed by atoms with Gasteiger partial charge in [-0.05, 0) is 18.6 Å². The Balaban J connectivity index is 2.46. The van der Waals surface area contributed by atoms with E-state index in [9.17, 15) is 21.6 Å². The average molecular weight is 332 g/mol. The maximum absolute atomic E-state index is 12.3. The second-order valence-electron chi connectivity index (χ2n) is 5.02. The summed E-state index contributed by atoms with van der Waals surface area (Å²) in [6.07, 6.45) is 0.848. The molecule has 0 saturated carbocycles. The predicted octanol–water partition coefficient (Wildman–Crippen LogP) is 0.161. The van der Waals surface area contributed by atoms with Gasteiger partial charge in [0.1, 0.15) is 6.04 Å². The SMILES string of the molecule is CC1C(=O)Nc2ccccc2CN1S(=O)(=O)CS(C)(=O)=O. The molecular weight excluding hydrogens is 316 g/mol. The van der Waals surface area contributed by atoms with Crippen LogP contribution in [0.15, 0.2) is 24.3 Å². The van der Waals surface area contributed by atoms with Gasteiger partial charge in [-0.3, -0.25) is 4.79 Å². The van der Waals surface area contributed by atoms with Gasteiger partial charge in [0.25, 0.3) is 0 Å². The first kappa shape index (κ1) is 15.9. The first-order valence-corrected chi connectivity index (χ1v) is 9.83. The molecule has 0 saturated heterocycles. The van der Waals surface area contributed by atoms with E-state index < -0.39 is 36.9 Å². The van der Waals surface area contributed by atoms with Crippen molar-refractivity contribution in [2.24, 2.45) is 0 Å². The Labute approximate surface area is 123 Å². The third kappa shape index (κ3) is 3.60. The maximum atomic E-state index is 12.3. The van der Waals surface area contributed by atoms with Gasteiger partial charge in [-0.15, -0.1) is 0 Å². The van der Waals surface area contributed by atoms with Crippen molar-refractivity contribution >= 4 is 31.5 Å². The fourth-order valence-corrected chi connectivity index (χ4v) is 5.75. The molecule has 9 heteroatoms. The number of nitrogens with zero attached hydrogens (tertiary/aromatic N) is 1. The summed E-state index contributed by atoms with van der Waals surface area (Å²) in [7, 11) is -7.83. The van der Waals surface area contributed by atoms with Gasteiger partial charge in [-0.2, -0.15) is 4.31 Å². The number of sulfonamides is 1. The summed E-state index contributed by atoms with van der Waals surface area (Å²) < 4.78 is 48.1. The number of rotatable bonds is 3. The fourth-order valence-electron chi connectivity index (χ4n) is 2.13. The molecule has 1 amide bonds. The van der Waals surface area contributed by atoms with Gasteiger partial charge in [0.15, 0.2) is 14.9 Å². The van der Waals surface area contributed by atoms with Crippen LogP contribution in [0, 0.1) is 0 Å². The Bertz CT molecular complexity index is 771. The minimum absolute atomic E-state index is 0.0477. The highest BCUT2D eigenvalue weighted by Crippen LogP contribution is 2.25. The molecule has 0 bridgehead atoms. The van der Waals surface area contributed by atoms with E-state index in [1.165, 1.54) is 6.92 Å². The summed E-state index contributed by atoms with van der Waals surface area (Å²) >= 11 is 0. The minimum Gasteiger partial charge on any atom is -0.324 e. The summed E-state index contributed by atoms with van der Waals surface area (Å²) in [5.41, 5.74) is 1.15. The smallest absolute Gasteiger partial charge is 0.242 e. The van der Waals surface area contributed by atoms with Gasteiger partial charge in [0.05, 0.1) is 0 Å². The highest BCUT2D eigenvalue weighted by Gasteiger charge is 2.36. The monoisotopic (exact) mass is 332 g/mol. The van der Waals surface area contributed by atoms with Crippen LogP contribution < -0.4 is 5.32 Å². The van der Waals surface area contributed by atoms with Crippen molar-refractivity contribution < 1.29 is 21.6 Å². The van der Waals surface area contributed by atoms with Crippen molar-refractivity contribution in [3.8, 4) is 0 Å². The number of carbonyl (C=O) groups is 1. The molecule has 1 heterocycles. The number of fused-ring (bicyclic) bond motifs is 1. The zero-order valence-electron chi connectivity index (χ0n) is 11.6. The Morgan fingerprint density at radius 1 is 1.24 bits per heavy atom. The summed E-state index contributed by atoms with van der Waals surface area (Å²) in [4.78, 5) is 12.0. The van der Waals surface area contributed by atoms with E-state index in [0.29, 0.717) is 11.3 Å². The van der Waals surface area contributed by atoms with Crippen LogP contribution in [0.25, 0.3) is 0 Å². The van der Waals surface area contributed by atoms with Crippen LogP contribution in [0.3, 0.4) is 0 Å². The van der Waals surface area contributed by atoms with Crippen LogP contribution in [0.4, 0.5) is 5.69 Å². The molecule has 0 spiro atoms. The van der Waals surface area contributed by atoms with E-state index in [-0.39, 0.29) is 6.54 Å². The molecule has 1 unspecified atom stereocenters. The molecule has 0 fully saturated rings. The topological polar surface area (TPSA) is 101 Å². The zero-order chi connectivity index (χ0) is 15.8. The van der Waals surface area contributed by atoms with Gasteiger partial charge in [-0.1, -0.05) is 18.2 Å². The maximum Gasteiger partial charge on any atom is 0.242 e. The molecule has 21 heavy (non-hydrogen) atoms. The molecule has 1 atom stereocenters. The molecule has 1 aliphatic rings. The largest absolute Gasteiger partial charge is 0.324 e. The number of nitrogens with one attached hydrogen (secondary N) is 1. The van der Waals surface area contributed by atoms with Gasteiger partial charge < -0.3 is 5.32 Å². The first-order chi connectivity index (χ1) is 9.60. The van der Waals surface area contributed by atoms with Crippen molar-refractivity contribution in [2.45, 2.75) is 19.5 Å². The Kier molecular flexibility index (Phi) is 4.09. The van der Waals surface area contributed by atoms with Crippen LogP contribution in [0.5, 0.6) is 0 Å². The number of carbonyl (C=O) groups excluding carboxylic acids is 1. The van der Waals surface area contributed by atoms with Crippen molar-refractivity contribution in [1.29, 1.82) is 0 Å². The summed E-state index contributed by atoms with van der Waals surface area (Å²) in [6, 6.07) is 5.83. The standard InChI is InChI=1S/C12H16N2O5S2/c1-9-12(15)13-11-6-4-3-5-10(11)7-14(9)21(18,19)8-20(2,16)17/h3-6,9H,7-8H2,1-2H3,(H,13,15). The molecule has 7 nitrogen and oxygen atoms in total. The van der Waals surface area contributed by atoms with E-state index in [0.717, 1.165) is 10.6 Å². The lowest BCUT2D eigenvalue weighted by molar-refractivity contribution is -0.119. The normalized spacial score (nSPS) is 20.5. The lowest BCUT2D eigenvalue weighted by Gasteiger charge is -2.24. The van der Waals surface area contributed by atoms with Crippen LogP contribution in [0.1, 0.15) is 12.5 Å². The van der Waals surface area contributed by atoms with E-state index in [4.69, 9.17) is 0 Å². The van der Waals surface area contributed by atoms with Crippen molar-refractivity contribution in [1.82, 2.24) is 4.31 Å². The van der Waals surface area contributed by atoms with Crippen LogP contribution in [-0.4, -0.2) is 44.4 Å². The van der Waals surface area contributed by atoms with E-state index in [1.54, 1.807) is 24.3 Å². The van der Waals surface area contributed by atoms with E-state index in [2.05, 4.69) is 5.32 Å². The molecule has 1 aliphatic heterocycles. The summed E-state index contributed by atoms with van der Waals surface area (Å²) in [5, 5.41) is 1.63. The Morgan fingerprint density at radius 2 is 1.86 bits per heavy atom. The van der Waals surface area contributed by atoms with Crippen LogP contribution >= 0.6 is 0 Å². The van der Waals surface area contributed by atoms with Gasteiger partial charge in [0, 0.05) is 18.5 Å². The molecule has 1 aromatic carbocycles. The van der Waals surface area contributed by atoms with Gasteiger partial charge in [-0.25, -0.2) is 16.8 Å². The molecular formula is C12H16N2O5S2.